The van der Waals surface area contributed by atoms with Crippen LogP contribution in [0.25, 0.3) is 0 Å². The Hall–Kier alpha value is -3.91. The molecule has 1 saturated carbocycles. The van der Waals surface area contributed by atoms with Crippen molar-refractivity contribution < 1.29 is 9.33 Å². The van der Waals surface area contributed by atoms with E-state index in [-0.39, 0.29) is 4.59 Å². The SMILES string of the molecule is N[N+]12C=CN=CC1=C(C1CCC(CNCc3cccnc3)CC1)N=C2c1cccc(OCc2ccccc2)c1. The number of fused-ring (bicyclic) bond motifs is 1. The van der Waals surface area contributed by atoms with E-state index in [4.69, 9.17) is 15.6 Å². The minimum Gasteiger partial charge on any atom is -0.489 e. The highest BCUT2D eigenvalue weighted by atomic mass is 16.5. The van der Waals surface area contributed by atoms with E-state index >= 15 is 0 Å². The van der Waals surface area contributed by atoms with Crippen LogP contribution in [-0.4, -0.2) is 28.2 Å². The van der Waals surface area contributed by atoms with Crippen LogP contribution in [0.3, 0.4) is 0 Å². The molecule has 2 aliphatic heterocycles. The number of nitrogens with two attached hydrogens (primary N) is 1. The van der Waals surface area contributed by atoms with E-state index < -0.39 is 0 Å². The first-order valence-electron chi connectivity index (χ1n) is 13.8. The van der Waals surface area contributed by atoms with Crippen LogP contribution in [0.4, 0.5) is 0 Å². The molecule has 0 bridgehead atoms. The Morgan fingerprint density at radius 1 is 0.949 bits per heavy atom. The van der Waals surface area contributed by atoms with Crippen LogP contribution in [0.5, 0.6) is 5.75 Å². The normalized spacial score (nSPS) is 24.0. The van der Waals surface area contributed by atoms with Crippen LogP contribution >= 0.6 is 0 Å². The quantitative estimate of drug-likeness (QED) is 0.290. The van der Waals surface area contributed by atoms with Crippen LogP contribution < -0.4 is 15.9 Å². The van der Waals surface area contributed by atoms with E-state index in [1.54, 1.807) is 6.20 Å². The van der Waals surface area contributed by atoms with Crippen LogP contribution in [0.1, 0.15) is 42.4 Å². The van der Waals surface area contributed by atoms with Gasteiger partial charge in [-0.25, -0.2) is 0 Å². The van der Waals surface area contributed by atoms with E-state index in [1.165, 1.54) is 18.4 Å². The molecular weight excluding hydrogens is 484 g/mol. The van der Waals surface area contributed by atoms with Gasteiger partial charge in [0, 0.05) is 24.9 Å². The average Bonchev–Trinajstić information content (AvgIpc) is 3.31. The van der Waals surface area contributed by atoms with Gasteiger partial charge in [-0.1, -0.05) is 42.5 Å². The molecule has 7 nitrogen and oxygen atoms in total. The first kappa shape index (κ1) is 25.4. The topological polar surface area (TPSA) is 84.9 Å². The van der Waals surface area contributed by atoms with Gasteiger partial charge in [0.05, 0.1) is 18.0 Å². The summed E-state index contributed by atoms with van der Waals surface area (Å²) in [6.45, 7) is 2.40. The highest BCUT2D eigenvalue weighted by Crippen LogP contribution is 2.41. The molecule has 3 N–H and O–H groups in total. The molecule has 3 aliphatic rings. The molecule has 1 aliphatic carbocycles. The Labute approximate surface area is 230 Å². The van der Waals surface area contributed by atoms with E-state index in [0.717, 1.165) is 60.0 Å². The molecule has 1 aromatic heterocycles. The van der Waals surface area contributed by atoms with E-state index in [2.05, 4.69) is 39.6 Å². The number of hydrogen-bond donors (Lipinski definition) is 2. The fourth-order valence-corrected chi connectivity index (χ4v) is 5.74. The number of quaternary nitrogens is 1. The highest BCUT2D eigenvalue weighted by Gasteiger charge is 2.46. The maximum atomic E-state index is 7.02. The van der Waals surface area contributed by atoms with Gasteiger partial charge in [0.25, 0.3) is 5.84 Å². The Bertz CT molecular complexity index is 1410. The van der Waals surface area contributed by atoms with Gasteiger partial charge < -0.3 is 10.1 Å². The molecule has 3 heterocycles. The molecule has 0 spiro atoms. The van der Waals surface area contributed by atoms with Crippen LogP contribution in [0.15, 0.2) is 113 Å². The standard InChI is InChI=1S/C32H35N6O/c33-38-17-16-35-22-30(38)31(27-13-11-24(12-14-27)19-36-21-26-8-5-15-34-20-26)37-32(38)28-9-4-10-29(18-28)39-23-25-6-2-1-3-7-25/h1-10,15-18,20,22,24,27,36H,11-14,19,21,23,33H2/q+1. The van der Waals surface area contributed by atoms with Crippen molar-refractivity contribution in [3.63, 3.8) is 0 Å². The zero-order chi connectivity index (χ0) is 26.5. The van der Waals surface area contributed by atoms with Gasteiger partial charge in [-0.05, 0) is 73.5 Å². The summed E-state index contributed by atoms with van der Waals surface area (Å²) in [5, 5.41) is 3.62. The second-order valence-electron chi connectivity index (χ2n) is 10.6. The van der Waals surface area contributed by atoms with E-state index in [9.17, 15) is 0 Å². The molecule has 3 aromatic rings. The fraction of sp³-hybridized carbons (Fsp3) is 0.281. The van der Waals surface area contributed by atoms with Crippen molar-refractivity contribution >= 4 is 12.1 Å². The number of amidine groups is 1. The minimum atomic E-state index is 0.0492. The summed E-state index contributed by atoms with van der Waals surface area (Å²) in [6.07, 6.45) is 13.9. The van der Waals surface area contributed by atoms with Gasteiger partial charge >= 0.3 is 0 Å². The molecule has 0 amide bonds. The van der Waals surface area contributed by atoms with Crippen molar-refractivity contribution in [2.75, 3.05) is 6.54 Å². The van der Waals surface area contributed by atoms with Crippen LogP contribution in [0, 0.1) is 11.8 Å². The van der Waals surface area contributed by atoms with Gasteiger partial charge in [-0.15, -0.1) is 4.59 Å². The van der Waals surface area contributed by atoms with Gasteiger partial charge in [-0.2, -0.15) is 10.8 Å². The number of hydrogen-bond acceptors (Lipinski definition) is 6. The second-order valence-corrected chi connectivity index (χ2v) is 10.6. The summed E-state index contributed by atoms with van der Waals surface area (Å²) in [5.41, 5.74) is 5.37. The van der Waals surface area contributed by atoms with E-state index in [0.29, 0.717) is 18.4 Å². The maximum absolute atomic E-state index is 7.02. The lowest BCUT2D eigenvalue weighted by Crippen LogP contribution is -2.53. The third-order valence-corrected chi connectivity index (χ3v) is 7.88. The molecule has 7 heteroatoms. The summed E-state index contributed by atoms with van der Waals surface area (Å²) >= 11 is 0. The number of ether oxygens (including phenoxy) is 1. The molecule has 198 valence electrons. The first-order chi connectivity index (χ1) is 19.2. The van der Waals surface area contributed by atoms with Crippen molar-refractivity contribution in [1.82, 2.24) is 10.3 Å². The van der Waals surface area contributed by atoms with Gasteiger partial charge in [0.2, 0.25) is 5.70 Å². The van der Waals surface area contributed by atoms with Crippen LogP contribution in [0.2, 0.25) is 0 Å². The highest BCUT2D eigenvalue weighted by molar-refractivity contribution is 6.00. The fourth-order valence-electron chi connectivity index (χ4n) is 5.74. The summed E-state index contributed by atoms with van der Waals surface area (Å²) in [4.78, 5) is 13.8. The number of pyridine rings is 1. The Morgan fingerprint density at radius 2 is 1.79 bits per heavy atom. The molecule has 0 radical (unpaired) electrons. The molecule has 0 saturated heterocycles. The molecule has 2 aromatic carbocycles. The summed E-state index contributed by atoms with van der Waals surface area (Å²) < 4.78 is 6.16. The second kappa shape index (κ2) is 11.5. The van der Waals surface area contributed by atoms with Gasteiger partial charge in [0.1, 0.15) is 24.3 Å². The molecule has 6 rings (SSSR count). The lowest BCUT2D eigenvalue weighted by atomic mass is 9.80. The van der Waals surface area contributed by atoms with Crippen molar-refractivity contribution in [2.24, 2.45) is 27.7 Å². The smallest absolute Gasteiger partial charge is 0.265 e. The number of nitrogens with zero attached hydrogens (tertiary/aromatic N) is 4. The molecule has 1 unspecified atom stereocenters. The third-order valence-electron chi connectivity index (χ3n) is 7.88. The molecular formula is C32H35N6O+. The summed E-state index contributed by atoms with van der Waals surface area (Å²) in [5.74, 6) is 9.68. The predicted octanol–water partition coefficient (Wildman–Crippen LogP) is 5.47. The number of nitrogens with one attached hydrogen (secondary N) is 1. The van der Waals surface area contributed by atoms with Gasteiger partial charge in [-0.3, -0.25) is 9.98 Å². The Morgan fingerprint density at radius 3 is 2.62 bits per heavy atom. The number of aromatic nitrogens is 1. The summed E-state index contributed by atoms with van der Waals surface area (Å²) in [6, 6.07) is 22.4. The van der Waals surface area contributed by atoms with Gasteiger partial charge in [0.15, 0.2) is 0 Å². The largest absolute Gasteiger partial charge is 0.489 e. The number of allylic oxidation sites excluding steroid dienone is 2. The first-order valence-corrected chi connectivity index (χ1v) is 13.8. The number of benzene rings is 2. The molecule has 1 atom stereocenters. The average molecular weight is 520 g/mol. The number of rotatable bonds is 9. The van der Waals surface area contributed by atoms with Crippen molar-refractivity contribution in [2.45, 2.75) is 38.8 Å². The minimum absolute atomic E-state index is 0.0492. The molecule has 39 heavy (non-hydrogen) atoms. The third kappa shape index (κ3) is 5.61. The Kier molecular flexibility index (Phi) is 7.45. The van der Waals surface area contributed by atoms with Crippen molar-refractivity contribution in [1.29, 1.82) is 0 Å². The lowest BCUT2D eigenvalue weighted by Gasteiger charge is -2.29. The zero-order valence-corrected chi connectivity index (χ0v) is 22.1. The molecule has 1 fully saturated rings. The summed E-state index contributed by atoms with van der Waals surface area (Å²) in [7, 11) is 0. The zero-order valence-electron chi connectivity index (χ0n) is 22.1. The lowest BCUT2D eigenvalue weighted by molar-refractivity contribution is -0.750. The van der Waals surface area contributed by atoms with Crippen molar-refractivity contribution in [3.05, 3.63) is 120 Å². The maximum Gasteiger partial charge on any atom is 0.265 e. The van der Waals surface area contributed by atoms with Crippen LogP contribution in [-0.2, 0) is 13.2 Å². The number of aliphatic imine (C=N–C) groups is 2. The Balaban J connectivity index is 1.14. The van der Waals surface area contributed by atoms with Crippen molar-refractivity contribution in [3.8, 4) is 5.75 Å². The monoisotopic (exact) mass is 519 g/mol. The van der Waals surface area contributed by atoms with E-state index in [1.807, 2.05) is 67.3 Å². The predicted molar refractivity (Wildman–Crippen MR) is 154 cm³/mol.